The highest BCUT2D eigenvalue weighted by molar-refractivity contribution is 7.92. The van der Waals surface area contributed by atoms with Gasteiger partial charge in [0.05, 0.1) is 24.8 Å². The normalized spacial score (nSPS) is 11.1. The van der Waals surface area contributed by atoms with Crippen LogP contribution in [0.25, 0.3) is 0 Å². The molecule has 0 bridgehead atoms. The minimum atomic E-state index is -4.27. The Balaban J connectivity index is 1.99. The fourth-order valence-electron chi connectivity index (χ4n) is 2.98. The Kier molecular flexibility index (Phi) is 7.68. The van der Waals surface area contributed by atoms with Gasteiger partial charge in [0, 0.05) is 21.8 Å². The van der Waals surface area contributed by atoms with Gasteiger partial charge in [0.15, 0.2) is 11.5 Å². The molecule has 0 aliphatic heterocycles. The molecule has 0 heterocycles. The first kappa shape index (κ1) is 24.6. The lowest BCUT2D eigenvalue weighted by molar-refractivity contribution is -0.114. The van der Waals surface area contributed by atoms with E-state index in [0.29, 0.717) is 21.5 Å². The van der Waals surface area contributed by atoms with E-state index in [0.717, 1.165) is 16.4 Å². The molecule has 174 valence electrons. The van der Waals surface area contributed by atoms with Crippen molar-refractivity contribution < 1.29 is 27.1 Å². The third-order valence-electron chi connectivity index (χ3n) is 4.49. The quantitative estimate of drug-likeness (QED) is 0.459. The zero-order chi connectivity index (χ0) is 24.2. The molecule has 3 rings (SSSR count). The number of carbonyl (C=O) groups excluding carboxylic acids is 1. The zero-order valence-corrected chi connectivity index (χ0v) is 19.8. The van der Waals surface area contributed by atoms with Gasteiger partial charge in [0.2, 0.25) is 5.91 Å². The molecule has 0 saturated heterocycles. The molecule has 0 aliphatic carbocycles. The number of methoxy groups -OCH3 is 2. The number of amides is 1. The largest absolute Gasteiger partial charge is 0.493 e. The fourth-order valence-corrected chi connectivity index (χ4v) is 4.95. The molecular weight excluding hydrogens is 494 g/mol. The monoisotopic (exact) mass is 512 g/mol. The van der Waals surface area contributed by atoms with Crippen LogP contribution in [0.3, 0.4) is 0 Å². The van der Waals surface area contributed by atoms with Crippen molar-refractivity contribution in [2.24, 2.45) is 0 Å². The van der Waals surface area contributed by atoms with Crippen LogP contribution < -0.4 is 19.1 Å². The molecule has 3 aromatic carbocycles. The second kappa shape index (κ2) is 10.3. The molecule has 0 unspecified atom stereocenters. The highest BCUT2D eigenvalue weighted by Crippen LogP contribution is 2.32. The maximum atomic E-state index is 13.5. The van der Waals surface area contributed by atoms with Crippen LogP contribution in [0.4, 0.5) is 15.8 Å². The summed E-state index contributed by atoms with van der Waals surface area (Å²) in [7, 11) is -1.48. The van der Waals surface area contributed by atoms with E-state index in [4.69, 9.17) is 32.7 Å². The van der Waals surface area contributed by atoms with Gasteiger partial charge in [-0.2, -0.15) is 0 Å². The summed E-state index contributed by atoms with van der Waals surface area (Å²) >= 11 is 11.9. The summed E-state index contributed by atoms with van der Waals surface area (Å²) in [6, 6.07) is 13.2. The van der Waals surface area contributed by atoms with Crippen LogP contribution in [0.5, 0.6) is 11.5 Å². The van der Waals surface area contributed by atoms with Crippen molar-refractivity contribution in [2.75, 3.05) is 30.4 Å². The van der Waals surface area contributed by atoms with Gasteiger partial charge in [-0.15, -0.1) is 0 Å². The number of sulfonamides is 1. The van der Waals surface area contributed by atoms with Crippen LogP contribution in [0.15, 0.2) is 65.6 Å². The number of hydrogen-bond donors (Lipinski definition) is 1. The molecular formula is C22H19Cl2FN2O5S. The number of hydrogen-bond acceptors (Lipinski definition) is 5. The molecule has 1 N–H and O–H groups in total. The SMILES string of the molecule is COc1ccc(S(=O)(=O)N(CC(=O)Nc2cc(Cl)cc(Cl)c2)c2ccc(F)cc2)cc1OC. The van der Waals surface area contributed by atoms with Crippen molar-refractivity contribution in [3.05, 3.63) is 76.5 Å². The predicted molar refractivity (Wildman–Crippen MR) is 126 cm³/mol. The first-order chi connectivity index (χ1) is 15.6. The Morgan fingerprint density at radius 3 is 2.12 bits per heavy atom. The summed E-state index contributed by atoms with van der Waals surface area (Å²) in [6.45, 7) is -0.605. The van der Waals surface area contributed by atoms with Crippen molar-refractivity contribution in [2.45, 2.75) is 4.90 Å². The molecule has 0 fully saturated rings. The molecule has 0 saturated carbocycles. The smallest absolute Gasteiger partial charge is 0.264 e. The minimum Gasteiger partial charge on any atom is -0.493 e. The van der Waals surface area contributed by atoms with Crippen LogP contribution in [-0.2, 0) is 14.8 Å². The maximum absolute atomic E-state index is 13.5. The summed E-state index contributed by atoms with van der Waals surface area (Å²) in [5, 5.41) is 3.16. The standard InChI is InChI=1S/C22H19Cl2FN2O5S/c1-31-20-8-7-19(12-21(20)32-2)33(29,30)27(18-5-3-16(25)4-6-18)13-22(28)26-17-10-14(23)9-15(24)11-17/h3-12H,13H2,1-2H3,(H,26,28). The fraction of sp³-hybridized carbons (Fsp3) is 0.136. The van der Waals surface area contributed by atoms with E-state index in [-0.39, 0.29) is 16.3 Å². The zero-order valence-electron chi connectivity index (χ0n) is 17.5. The predicted octanol–water partition coefficient (Wildman–Crippen LogP) is 4.98. The van der Waals surface area contributed by atoms with Crippen LogP contribution >= 0.6 is 23.2 Å². The van der Waals surface area contributed by atoms with E-state index in [9.17, 15) is 17.6 Å². The maximum Gasteiger partial charge on any atom is 0.264 e. The summed E-state index contributed by atoms with van der Waals surface area (Å²) in [4.78, 5) is 12.6. The summed E-state index contributed by atoms with van der Waals surface area (Å²) in [5.74, 6) is -0.696. The van der Waals surface area contributed by atoms with Crippen LogP contribution in [0, 0.1) is 5.82 Å². The molecule has 11 heteroatoms. The average Bonchev–Trinajstić information content (AvgIpc) is 2.76. The highest BCUT2D eigenvalue weighted by Gasteiger charge is 2.28. The van der Waals surface area contributed by atoms with Crippen LogP contribution in [0.1, 0.15) is 0 Å². The van der Waals surface area contributed by atoms with Crippen molar-refractivity contribution in [1.82, 2.24) is 0 Å². The van der Waals surface area contributed by atoms with Gasteiger partial charge in [-0.3, -0.25) is 9.10 Å². The first-order valence-corrected chi connectivity index (χ1v) is 11.6. The summed E-state index contributed by atoms with van der Waals surface area (Å²) in [6.07, 6.45) is 0. The molecule has 1 amide bonds. The Hall–Kier alpha value is -3.01. The van der Waals surface area contributed by atoms with Gasteiger partial charge in [-0.05, 0) is 54.6 Å². The number of anilines is 2. The number of carbonyl (C=O) groups is 1. The third-order valence-corrected chi connectivity index (χ3v) is 6.70. The van der Waals surface area contributed by atoms with Gasteiger partial charge in [-0.25, -0.2) is 12.8 Å². The van der Waals surface area contributed by atoms with Crippen LogP contribution in [0.2, 0.25) is 10.0 Å². The second-order valence-corrected chi connectivity index (χ2v) is 9.45. The van der Waals surface area contributed by atoms with Gasteiger partial charge < -0.3 is 14.8 Å². The summed E-state index contributed by atoms with van der Waals surface area (Å²) < 4.78 is 51.7. The molecule has 33 heavy (non-hydrogen) atoms. The van der Waals surface area contributed by atoms with Crippen molar-refractivity contribution >= 4 is 50.5 Å². The Bertz CT molecular complexity index is 1250. The number of benzene rings is 3. The highest BCUT2D eigenvalue weighted by atomic mass is 35.5. The van der Waals surface area contributed by atoms with E-state index < -0.39 is 28.3 Å². The van der Waals surface area contributed by atoms with E-state index in [1.165, 1.54) is 62.8 Å². The minimum absolute atomic E-state index is 0.0884. The van der Waals surface area contributed by atoms with E-state index in [1.807, 2.05) is 0 Å². The van der Waals surface area contributed by atoms with Crippen LogP contribution in [-0.4, -0.2) is 35.1 Å². The van der Waals surface area contributed by atoms with Crippen molar-refractivity contribution in [3.63, 3.8) is 0 Å². The topological polar surface area (TPSA) is 84.9 Å². The van der Waals surface area contributed by atoms with Gasteiger partial charge in [-0.1, -0.05) is 23.2 Å². The van der Waals surface area contributed by atoms with Gasteiger partial charge >= 0.3 is 0 Å². The molecule has 0 spiro atoms. The van der Waals surface area contributed by atoms with E-state index in [2.05, 4.69) is 5.32 Å². The molecule has 0 atom stereocenters. The van der Waals surface area contributed by atoms with Gasteiger partial charge in [0.25, 0.3) is 10.0 Å². The lowest BCUT2D eigenvalue weighted by atomic mass is 10.3. The lowest BCUT2D eigenvalue weighted by Gasteiger charge is -2.24. The number of rotatable bonds is 8. The van der Waals surface area contributed by atoms with E-state index >= 15 is 0 Å². The van der Waals surface area contributed by atoms with E-state index in [1.54, 1.807) is 0 Å². The number of ether oxygens (including phenoxy) is 2. The second-order valence-electron chi connectivity index (χ2n) is 6.71. The Morgan fingerprint density at radius 1 is 0.939 bits per heavy atom. The Labute approximate surface area is 200 Å². The number of halogens is 3. The lowest BCUT2D eigenvalue weighted by Crippen LogP contribution is -2.38. The molecule has 0 aromatic heterocycles. The van der Waals surface area contributed by atoms with Crippen molar-refractivity contribution in [3.8, 4) is 11.5 Å². The average molecular weight is 513 g/mol. The first-order valence-electron chi connectivity index (χ1n) is 9.40. The molecule has 0 radical (unpaired) electrons. The number of nitrogens with one attached hydrogen (secondary N) is 1. The molecule has 3 aromatic rings. The third kappa shape index (κ3) is 5.87. The van der Waals surface area contributed by atoms with Gasteiger partial charge in [0.1, 0.15) is 12.4 Å². The summed E-state index contributed by atoms with van der Waals surface area (Å²) in [5.41, 5.74) is 0.380. The molecule has 0 aliphatic rings. The van der Waals surface area contributed by atoms with Crippen molar-refractivity contribution in [1.29, 1.82) is 0 Å². The number of nitrogens with zero attached hydrogens (tertiary/aromatic N) is 1. The Morgan fingerprint density at radius 2 is 1.55 bits per heavy atom. The molecule has 7 nitrogen and oxygen atoms in total.